The van der Waals surface area contributed by atoms with Crippen molar-refractivity contribution in [3.63, 3.8) is 0 Å². The zero-order valence-corrected chi connectivity index (χ0v) is 18.1. The fraction of sp³-hybridized carbons (Fsp3) is 0.136. The number of nitrogens with zero attached hydrogens (tertiary/aromatic N) is 3. The molecule has 0 fully saturated rings. The van der Waals surface area contributed by atoms with Crippen LogP contribution >= 0.6 is 23.2 Å². The van der Waals surface area contributed by atoms with Crippen molar-refractivity contribution < 1.29 is 4.79 Å². The highest BCUT2D eigenvalue weighted by molar-refractivity contribution is 6.39. The van der Waals surface area contributed by atoms with Crippen molar-refractivity contribution in [3.8, 4) is 0 Å². The van der Waals surface area contributed by atoms with E-state index in [1.165, 1.54) is 0 Å². The first kappa shape index (κ1) is 19.7. The Morgan fingerprint density at radius 3 is 2.74 bits per heavy atom. The zero-order valence-electron chi connectivity index (χ0n) is 16.5. The number of amides is 1. The van der Waals surface area contributed by atoms with Crippen molar-refractivity contribution >= 4 is 63.8 Å². The molecule has 1 amide bonds. The number of aryl methyl sites for hydroxylation is 1. The van der Waals surface area contributed by atoms with Crippen LogP contribution in [0.5, 0.6) is 0 Å². The minimum absolute atomic E-state index is 0.241. The molecule has 2 aromatic carbocycles. The van der Waals surface area contributed by atoms with E-state index in [-0.39, 0.29) is 5.91 Å². The van der Waals surface area contributed by atoms with Gasteiger partial charge in [-0.25, -0.2) is 9.97 Å². The van der Waals surface area contributed by atoms with E-state index < -0.39 is 0 Å². The SMILES string of the molecule is Cn1c(NC(=O)c2ccc3nc(Nc4c(Cl)cccc4Cl)[nH]c3c2)nc2c1C=CCC2. The number of anilines is 3. The molecule has 5 rings (SSSR count). The largest absolute Gasteiger partial charge is 0.324 e. The summed E-state index contributed by atoms with van der Waals surface area (Å²) in [5.41, 5.74) is 4.50. The second-order valence-electron chi connectivity index (χ2n) is 7.26. The molecule has 0 saturated carbocycles. The van der Waals surface area contributed by atoms with Crippen molar-refractivity contribution in [1.82, 2.24) is 19.5 Å². The van der Waals surface area contributed by atoms with E-state index in [1.807, 2.05) is 17.7 Å². The highest BCUT2D eigenvalue weighted by atomic mass is 35.5. The summed E-state index contributed by atoms with van der Waals surface area (Å²) in [6, 6.07) is 10.5. The van der Waals surface area contributed by atoms with Gasteiger partial charge >= 0.3 is 0 Å². The molecule has 0 bridgehead atoms. The Morgan fingerprint density at radius 1 is 1.16 bits per heavy atom. The van der Waals surface area contributed by atoms with Crippen LogP contribution in [0.3, 0.4) is 0 Å². The fourth-order valence-corrected chi connectivity index (χ4v) is 4.10. The number of hydrogen-bond donors (Lipinski definition) is 3. The summed E-state index contributed by atoms with van der Waals surface area (Å²) in [4.78, 5) is 25.1. The second-order valence-corrected chi connectivity index (χ2v) is 8.07. The molecule has 2 aromatic heterocycles. The van der Waals surface area contributed by atoms with Crippen LogP contribution in [-0.2, 0) is 13.5 Å². The van der Waals surface area contributed by atoms with Gasteiger partial charge in [0.25, 0.3) is 5.91 Å². The minimum Gasteiger partial charge on any atom is -0.324 e. The molecule has 0 spiro atoms. The molecule has 0 atom stereocenters. The maximum atomic E-state index is 12.8. The third-order valence-corrected chi connectivity index (χ3v) is 5.84. The van der Waals surface area contributed by atoms with Crippen LogP contribution in [0.4, 0.5) is 17.6 Å². The summed E-state index contributed by atoms with van der Waals surface area (Å²) < 4.78 is 1.90. The monoisotopic (exact) mass is 452 g/mol. The molecule has 0 radical (unpaired) electrons. The van der Waals surface area contributed by atoms with Gasteiger partial charge in [-0.3, -0.25) is 10.1 Å². The van der Waals surface area contributed by atoms with Crippen LogP contribution in [0, 0.1) is 0 Å². The van der Waals surface area contributed by atoms with Gasteiger partial charge in [-0.2, -0.15) is 0 Å². The highest BCUT2D eigenvalue weighted by Gasteiger charge is 2.18. The number of nitrogens with one attached hydrogen (secondary N) is 3. The van der Waals surface area contributed by atoms with Crippen molar-refractivity contribution in [2.24, 2.45) is 7.05 Å². The third-order valence-electron chi connectivity index (χ3n) is 5.21. The van der Waals surface area contributed by atoms with Crippen LogP contribution in [0.2, 0.25) is 10.0 Å². The molecule has 0 saturated heterocycles. The first-order valence-electron chi connectivity index (χ1n) is 9.74. The molecule has 1 aliphatic rings. The third kappa shape index (κ3) is 3.66. The van der Waals surface area contributed by atoms with Gasteiger partial charge in [0.15, 0.2) is 0 Å². The van der Waals surface area contributed by atoms with Gasteiger partial charge in [-0.1, -0.05) is 35.3 Å². The number of aromatic nitrogens is 4. The van der Waals surface area contributed by atoms with E-state index in [1.54, 1.807) is 36.4 Å². The maximum Gasteiger partial charge on any atom is 0.258 e. The molecule has 156 valence electrons. The molecule has 0 unspecified atom stereocenters. The Bertz CT molecular complexity index is 1330. The molecule has 4 aromatic rings. The fourth-order valence-electron chi connectivity index (χ4n) is 3.61. The van der Waals surface area contributed by atoms with E-state index in [4.69, 9.17) is 23.2 Å². The lowest BCUT2D eigenvalue weighted by molar-refractivity contribution is 0.102. The summed E-state index contributed by atoms with van der Waals surface area (Å²) in [5.74, 6) is 0.766. The molecular weight excluding hydrogens is 435 g/mol. The van der Waals surface area contributed by atoms with E-state index in [9.17, 15) is 4.79 Å². The number of para-hydroxylation sites is 1. The average Bonchev–Trinajstić information content (AvgIpc) is 3.31. The molecule has 2 heterocycles. The van der Waals surface area contributed by atoms with Crippen molar-refractivity contribution in [3.05, 3.63) is 69.5 Å². The Morgan fingerprint density at radius 2 is 1.97 bits per heavy atom. The van der Waals surface area contributed by atoms with Crippen LogP contribution in [0.15, 0.2) is 42.5 Å². The van der Waals surface area contributed by atoms with Crippen molar-refractivity contribution in [2.45, 2.75) is 12.8 Å². The summed E-state index contributed by atoms with van der Waals surface area (Å²) in [5, 5.41) is 6.98. The van der Waals surface area contributed by atoms with Gasteiger partial charge in [-0.05, 0) is 49.2 Å². The van der Waals surface area contributed by atoms with Crippen LogP contribution < -0.4 is 10.6 Å². The molecule has 1 aliphatic carbocycles. The predicted molar refractivity (Wildman–Crippen MR) is 124 cm³/mol. The summed E-state index contributed by atoms with van der Waals surface area (Å²) in [7, 11) is 1.90. The standard InChI is InChI=1S/C22H18Cl2N6O/c1-30-18-8-3-2-7-16(18)27-22(30)29-20(31)12-9-10-15-17(11-12)26-21(25-15)28-19-13(23)5-4-6-14(19)24/h3-6,8-11H,2,7H2,1H3,(H2,25,26,28)(H,27,29,31). The van der Waals surface area contributed by atoms with Gasteiger partial charge in [-0.15, -0.1) is 0 Å². The van der Waals surface area contributed by atoms with E-state index in [0.29, 0.717) is 44.2 Å². The number of allylic oxidation sites excluding steroid dienone is 1. The lowest BCUT2D eigenvalue weighted by Gasteiger charge is -2.07. The first-order valence-corrected chi connectivity index (χ1v) is 10.5. The van der Waals surface area contributed by atoms with E-state index in [0.717, 1.165) is 24.2 Å². The molecule has 7 nitrogen and oxygen atoms in total. The number of aromatic amines is 1. The van der Waals surface area contributed by atoms with Gasteiger partial charge < -0.3 is 14.9 Å². The number of rotatable bonds is 4. The van der Waals surface area contributed by atoms with E-state index in [2.05, 4.69) is 31.7 Å². The summed E-state index contributed by atoms with van der Waals surface area (Å²) in [6.07, 6.45) is 5.99. The quantitative estimate of drug-likeness (QED) is 0.378. The minimum atomic E-state index is -0.241. The highest BCUT2D eigenvalue weighted by Crippen LogP contribution is 2.32. The zero-order chi connectivity index (χ0) is 21.5. The van der Waals surface area contributed by atoms with Gasteiger partial charge in [0.2, 0.25) is 11.9 Å². The Balaban J connectivity index is 1.39. The number of halogens is 2. The lowest BCUT2D eigenvalue weighted by Crippen LogP contribution is -2.15. The number of imidazole rings is 2. The number of hydrogen-bond acceptors (Lipinski definition) is 4. The molecule has 9 heteroatoms. The summed E-state index contributed by atoms with van der Waals surface area (Å²) in [6.45, 7) is 0. The van der Waals surface area contributed by atoms with Gasteiger partial charge in [0.1, 0.15) is 0 Å². The van der Waals surface area contributed by atoms with E-state index >= 15 is 0 Å². The van der Waals surface area contributed by atoms with Gasteiger partial charge in [0, 0.05) is 12.6 Å². The smallest absolute Gasteiger partial charge is 0.258 e. The predicted octanol–water partition coefficient (Wildman–Crippen LogP) is 5.56. The molecule has 0 aliphatic heterocycles. The topological polar surface area (TPSA) is 87.6 Å². The summed E-state index contributed by atoms with van der Waals surface area (Å²) >= 11 is 12.4. The second kappa shape index (κ2) is 7.76. The number of carbonyl (C=O) groups excluding carboxylic acids is 1. The number of benzene rings is 2. The van der Waals surface area contributed by atoms with Crippen LogP contribution in [-0.4, -0.2) is 25.4 Å². The molecule has 3 N–H and O–H groups in total. The Kier molecular flexibility index (Phi) is 4.92. The molecule has 31 heavy (non-hydrogen) atoms. The lowest BCUT2D eigenvalue weighted by atomic mass is 10.1. The Labute approximate surface area is 188 Å². The average molecular weight is 453 g/mol. The molecular formula is C22H18Cl2N6O. The number of carbonyl (C=O) groups is 1. The van der Waals surface area contributed by atoms with Crippen molar-refractivity contribution in [1.29, 1.82) is 0 Å². The number of H-pyrrole nitrogens is 1. The first-order chi connectivity index (χ1) is 15.0. The maximum absolute atomic E-state index is 12.8. The van der Waals surface area contributed by atoms with Gasteiger partial charge in [0.05, 0.1) is 38.2 Å². The van der Waals surface area contributed by atoms with Crippen molar-refractivity contribution in [2.75, 3.05) is 10.6 Å². The normalized spacial score (nSPS) is 12.7. The van der Waals surface area contributed by atoms with Crippen LogP contribution in [0.1, 0.15) is 28.2 Å². The Hall–Kier alpha value is -3.29. The number of fused-ring (bicyclic) bond motifs is 2. The van der Waals surface area contributed by atoms with Crippen LogP contribution in [0.25, 0.3) is 17.1 Å².